The summed E-state index contributed by atoms with van der Waals surface area (Å²) < 4.78 is 3.50. The molecule has 1 aromatic carbocycles. The van der Waals surface area contributed by atoms with E-state index in [2.05, 4.69) is 4.98 Å². The van der Waals surface area contributed by atoms with Crippen molar-refractivity contribution in [2.75, 3.05) is 0 Å². The molecule has 0 aliphatic rings. The monoisotopic (exact) mass is 213 g/mol. The summed E-state index contributed by atoms with van der Waals surface area (Å²) in [5.74, 6) is 0.668. The number of aromatic nitrogens is 3. The molecular weight excluding hydrogens is 202 g/mol. The molecule has 3 aromatic rings. The van der Waals surface area contributed by atoms with E-state index in [0.717, 1.165) is 16.5 Å². The van der Waals surface area contributed by atoms with E-state index in [1.54, 1.807) is 17.8 Å². The Kier molecular flexibility index (Phi) is 1.68. The molecule has 0 saturated heterocycles. The zero-order valence-corrected chi connectivity index (χ0v) is 9.14. The van der Waals surface area contributed by atoms with Crippen LogP contribution in [0.2, 0.25) is 0 Å². The molecule has 0 fully saturated rings. The maximum absolute atomic E-state index is 12.1. The second kappa shape index (κ2) is 2.95. The highest BCUT2D eigenvalue weighted by atomic mass is 16.1. The Morgan fingerprint density at radius 2 is 2.12 bits per heavy atom. The van der Waals surface area contributed by atoms with Crippen molar-refractivity contribution in [1.29, 1.82) is 0 Å². The summed E-state index contributed by atoms with van der Waals surface area (Å²) in [5.41, 5.74) is 1.99. The maximum atomic E-state index is 12.1. The van der Waals surface area contributed by atoms with Crippen LogP contribution in [-0.4, -0.2) is 14.0 Å². The predicted molar refractivity (Wildman–Crippen MR) is 62.7 cm³/mol. The van der Waals surface area contributed by atoms with Gasteiger partial charge in [0.25, 0.3) is 5.56 Å². The van der Waals surface area contributed by atoms with Gasteiger partial charge in [-0.25, -0.2) is 4.98 Å². The quantitative estimate of drug-likeness (QED) is 0.567. The largest absolute Gasteiger partial charge is 0.285 e. The number of imidazole rings is 1. The van der Waals surface area contributed by atoms with Crippen molar-refractivity contribution in [1.82, 2.24) is 14.0 Å². The standard InChI is InChI=1S/C12H11N3O/c1-8-3-4-10-9(7-8)11(16)14(2)12-13-5-6-15(10)12/h3-7H,1-2H3. The number of nitrogens with zero attached hydrogens (tertiary/aromatic N) is 3. The van der Waals surface area contributed by atoms with E-state index in [1.165, 1.54) is 0 Å². The van der Waals surface area contributed by atoms with Gasteiger partial charge in [-0.05, 0) is 19.1 Å². The Morgan fingerprint density at radius 1 is 1.31 bits per heavy atom. The minimum atomic E-state index is -0.00241. The van der Waals surface area contributed by atoms with Crippen LogP contribution in [0, 0.1) is 6.92 Å². The lowest BCUT2D eigenvalue weighted by Crippen LogP contribution is -2.19. The van der Waals surface area contributed by atoms with Gasteiger partial charge in [-0.3, -0.25) is 13.8 Å². The molecule has 0 radical (unpaired) electrons. The summed E-state index contributed by atoms with van der Waals surface area (Å²) in [6.07, 6.45) is 3.57. The molecule has 3 rings (SSSR count). The van der Waals surface area contributed by atoms with E-state index in [-0.39, 0.29) is 5.56 Å². The first-order valence-electron chi connectivity index (χ1n) is 5.11. The average molecular weight is 213 g/mol. The van der Waals surface area contributed by atoms with Crippen LogP contribution in [0.15, 0.2) is 35.4 Å². The van der Waals surface area contributed by atoms with Crippen LogP contribution in [0.1, 0.15) is 5.56 Å². The van der Waals surface area contributed by atoms with E-state index in [1.807, 2.05) is 35.7 Å². The first-order valence-corrected chi connectivity index (χ1v) is 5.11. The van der Waals surface area contributed by atoms with E-state index in [9.17, 15) is 4.79 Å². The van der Waals surface area contributed by atoms with Crippen molar-refractivity contribution >= 4 is 16.7 Å². The average Bonchev–Trinajstić information content (AvgIpc) is 2.75. The molecule has 0 N–H and O–H groups in total. The molecular formula is C12H11N3O. The van der Waals surface area contributed by atoms with Crippen LogP contribution in [0.25, 0.3) is 16.7 Å². The molecule has 0 spiro atoms. The molecule has 0 atom stereocenters. The van der Waals surface area contributed by atoms with Gasteiger partial charge in [0.05, 0.1) is 10.9 Å². The maximum Gasteiger partial charge on any atom is 0.262 e. The normalized spacial score (nSPS) is 11.4. The Hall–Kier alpha value is -2.10. The third-order valence-corrected chi connectivity index (χ3v) is 2.87. The van der Waals surface area contributed by atoms with Gasteiger partial charge in [-0.15, -0.1) is 0 Å². The van der Waals surface area contributed by atoms with E-state index < -0.39 is 0 Å². The van der Waals surface area contributed by atoms with Crippen LogP contribution in [0.4, 0.5) is 0 Å². The van der Waals surface area contributed by atoms with Crippen molar-refractivity contribution < 1.29 is 0 Å². The summed E-state index contributed by atoms with van der Waals surface area (Å²) in [6.45, 7) is 1.98. The van der Waals surface area contributed by atoms with E-state index in [0.29, 0.717) is 5.78 Å². The molecule has 0 aliphatic carbocycles. The summed E-state index contributed by atoms with van der Waals surface area (Å²) in [6, 6.07) is 5.87. The van der Waals surface area contributed by atoms with Crippen molar-refractivity contribution in [2.45, 2.75) is 6.92 Å². The number of hydrogen-bond acceptors (Lipinski definition) is 2. The minimum Gasteiger partial charge on any atom is -0.285 e. The van der Waals surface area contributed by atoms with Crippen molar-refractivity contribution in [3.05, 3.63) is 46.5 Å². The zero-order valence-electron chi connectivity index (χ0n) is 9.14. The number of hydrogen-bond donors (Lipinski definition) is 0. The lowest BCUT2D eigenvalue weighted by atomic mass is 10.2. The summed E-state index contributed by atoms with van der Waals surface area (Å²) in [5, 5.41) is 0.730. The molecule has 2 heterocycles. The second-order valence-electron chi connectivity index (χ2n) is 3.98. The highest BCUT2D eigenvalue weighted by Gasteiger charge is 2.08. The lowest BCUT2D eigenvalue weighted by molar-refractivity contribution is 0.864. The first-order chi connectivity index (χ1) is 7.68. The molecule has 4 nitrogen and oxygen atoms in total. The van der Waals surface area contributed by atoms with Crippen LogP contribution in [0.3, 0.4) is 0 Å². The fourth-order valence-corrected chi connectivity index (χ4v) is 2.03. The Balaban J connectivity index is 2.71. The molecule has 4 heteroatoms. The number of fused-ring (bicyclic) bond motifs is 3. The van der Waals surface area contributed by atoms with Gasteiger partial charge in [0, 0.05) is 19.4 Å². The molecule has 0 amide bonds. The predicted octanol–water partition coefficient (Wildman–Crippen LogP) is 1.49. The Bertz CT molecular complexity index is 752. The van der Waals surface area contributed by atoms with Crippen LogP contribution >= 0.6 is 0 Å². The SMILES string of the molecule is Cc1ccc2c(c1)c(=O)n(C)c1nccn21. The summed E-state index contributed by atoms with van der Waals surface area (Å²) in [7, 11) is 1.74. The van der Waals surface area contributed by atoms with Crippen molar-refractivity contribution in [3.63, 3.8) is 0 Å². The molecule has 0 unspecified atom stereocenters. The van der Waals surface area contributed by atoms with Crippen LogP contribution < -0.4 is 5.56 Å². The van der Waals surface area contributed by atoms with Gasteiger partial charge < -0.3 is 0 Å². The van der Waals surface area contributed by atoms with E-state index in [4.69, 9.17) is 0 Å². The summed E-state index contributed by atoms with van der Waals surface area (Å²) >= 11 is 0. The molecule has 80 valence electrons. The molecule has 0 aliphatic heterocycles. The lowest BCUT2D eigenvalue weighted by Gasteiger charge is -2.06. The van der Waals surface area contributed by atoms with Crippen LogP contribution in [0.5, 0.6) is 0 Å². The molecule has 16 heavy (non-hydrogen) atoms. The number of benzene rings is 1. The third-order valence-electron chi connectivity index (χ3n) is 2.87. The van der Waals surface area contributed by atoms with Gasteiger partial charge in [-0.2, -0.15) is 0 Å². The highest BCUT2D eigenvalue weighted by molar-refractivity contribution is 5.80. The topological polar surface area (TPSA) is 39.3 Å². The number of rotatable bonds is 0. The van der Waals surface area contributed by atoms with Gasteiger partial charge in [0.1, 0.15) is 0 Å². The molecule has 0 saturated carbocycles. The minimum absolute atomic E-state index is 0.00241. The Labute approximate surface area is 91.8 Å². The fraction of sp³-hybridized carbons (Fsp3) is 0.167. The van der Waals surface area contributed by atoms with Crippen molar-refractivity contribution in [3.8, 4) is 0 Å². The smallest absolute Gasteiger partial charge is 0.262 e. The van der Waals surface area contributed by atoms with Crippen molar-refractivity contribution in [2.24, 2.45) is 7.05 Å². The van der Waals surface area contributed by atoms with Gasteiger partial charge in [-0.1, -0.05) is 11.6 Å². The molecule has 0 bridgehead atoms. The first kappa shape index (κ1) is 9.15. The van der Waals surface area contributed by atoms with E-state index >= 15 is 0 Å². The van der Waals surface area contributed by atoms with Gasteiger partial charge in [0.2, 0.25) is 5.78 Å². The Morgan fingerprint density at radius 3 is 2.94 bits per heavy atom. The van der Waals surface area contributed by atoms with Crippen LogP contribution in [-0.2, 0) is 7.05 Å². The third kappa shape index (κ3) is 1.04. The zero-order chi connectivity index (χ0) is 11.3. The second-order valence-corrected chi connectivity index (χ2v) is 3.98. The highest BCUT2D eigenvalue weighted by Crippen LogP contribution is 2.13. The summed E-state index contributed by atoms with van der Waals surface area (Å²) in [4.78, 5) is 16.3. The molecule has 2 aromatic heterocycles. The van der Waals surface area contributed by atoms with Gasteiger partial charge in [0.15, 0.2) is 0 Å². The number of aryl methyl sites for hydroxylation is 2. The fourth-order valence-electron chi connectivity index (χ4n) is 2.03. The van der Waals surface area contributed by atoms with Gasteiger partial charge >= 0.3 is 0 Å².